The Balaban J connectivity index is 3.03. The van der Waals surface area contributed by atoms with Crippen molar-refractivity contribution in [1.29, 1.82) is 0 Å². The average molecular weight is 274 g/mol. The predicted octanol–water partition coefficient (Wildman–Crippen LogP) is 3.46. The Hall–Kier alpha value is -1.48. The number of halogens is 2. The minimum Gasteiger partial charge on any atom is -0.478 e. The predicted molar refractivity (Wildman–Crippen MR) is 66.5 cm³/mol. The first-order valence-corrected chi connectivity index (χ1v) is 7.69. The van der Waals surface area contributed by atoms with Crippen molar-refractivity contribution in [3.05, 3.63) is 41.5 Å². The van der Waals surface area contributed by atoms with Crippen molar-refractivity contribution in [3.8, 4) is 0 Å². The van der Waals surface area contributed by atoms with Gasteiger partial charge in [0.1, 0.15) is 0 Å². The average Bonchev–Trinajstić information content (AvgIpc) is 2.25. The molecule has 0 aliphatic heterocycles. The fourth-order valence-corrected chi connectivity index (χ4v) is 2.04. The number of carboxylic acids is 1. The highest BCUT2D eigenvalue weighted by Gasteiger charge is 2.44. The van der Waals surface area contributed by atoms with Crippen LogP contribution in [0.15, 0.2) is 30.3 Å². The molecule has 1 N–H and O–H groups in total. The Labute approximate surface area is 104 Å². The van der Waals surface area contributed by atoms with Crippen LogP contribution in [0.3, 0.4) is 0 Å². The lowest BCUT2D eigenvalue weighted by Crippen LogP contribution is -2.12. The van der Waals surface area contributed by atoms with Gasteiger partial charge in [0.05, 0.1) is 0 Å². The first-order chi connectivity index (χ1) is 8.14. The van der Waals surface area contributed by atoms with Crippen LogP contribution in [0.1, 0.15) is 11.1 Å². The summed E-state index contributed by atoms with van der Waals surface area (Å²) in [6, 6.07) is 5.03. The Morgan fingerprint density at radius 2 is 1.78 bits per heavy atom. The minimum atomic E-state index is -3.58. The molecule has 0 bridgehead atoms. The molecule has 18 heavy (non-hydrogen) atoms. The van der Waals surface area contributed by atoms with Crippen LogP contribution in [0, 0.1) is 0 Å². The van der Waals surface area contributed by atoms with Gasteiger partial charge in [-0.05, 0) is 25.0 Å². The maximum atomic E-state index is 13.7. The lowest BCUT2D eigenvalue weighted by atomic mass is 10.1. The van der Waals surface area contributed by atoms with Gasteiger partial charge in [0.2, 0.25) is 0 Å². The van der Waals surface area contributed by atoms with E-state index >= 15 is 0 Å². The number of hydrogen-bond acceptors (Lipinski definition) is 2. The summed E-state index contributed by atoms with van der Waals surface area (Å²) >= 11 is 0. The van der Waals surface area contributed by atoms with Crippen LogP contribution in [0.4, 0.5) is 8.78 Å². The maximum Gasteiger partial charge on any atom is 0.328 e. The zero-order valence-electron chi connectivity index (χ0n) is 9.93. The fourth-order valence-electron chi connectivity index (χ4n) is 1.27. The minimum absolute atomic E-state index is 0.330. The van der Waals surface area contributed by atoms with Gasteiger partial charge < -0.3 is 9.67 Å². The summed E-state index contributed by atoms with van der Waals surface area (Å²) in [4.78, 5) is 10.3. The van der Waals surface area contributed by atoms with Crippen LogP contribution >= 0.6 is 7.14 Å². The second kappa shape index (κ2) is 5.02. The third kappa shape index (κ3) is 3.26. The van der Waals surface area contributed by atoms with Gasteiger partial charge in [-0.15, -0.1) is 0 Å². The molecule has 0 fully saturated rings. The van der Waals surface area contributed by atoms with Crippen molar-refractivity contribution < 1.29 is 23.2 Å². The highest BCUT2D eigenvalue weighted by Crippen LogP contribution is 2.59. The van der Waals surface area contributed by atoms with E-state index in [4.69, 9.17) is 5.11 Å². The summed E-state index contributed by atoms with van der Waals surface area (Å²) in [6.45, 7) is 2.07. The summed E-state index contributed by atoms with van der Waals surface area (Å²) in [5.74, 6) is -1.11. The number of alkyl halides is 2. The zero-order valence-corrected chi connectivity index (χ0v) is 10.8. The maximum absolute atomic E-state index is 13.7. The van der Waals surface area contributed by atoms with Gasteiger partial charge in [0, 0.05) is 11.6 Å². The van der Waals surface area contributed by atoms with Crippen LogP contribution in [-0.2, 0) is 15.0 Å². The molecule has 1 rings (SSSR count). The Morgan fingerprint density at radius 1 is 1.28 bits per heavy atom. The van der Waals surface area contributed by atoms with E-state index in [0.29, 0.717) is 5.56 Å². The van der Waals surface area contributed by atoms with Gasteiger partial charge >= 0.3 is 11.6 Å². The van der Waals surface area contributed by atoms with E-state index < -0.39 is 18.8 Å². The topological polar surface area (TPSA) is 54.4 Å². The van der Waals surface area contributed by atoms with E-state index in [1.807, 2.05) is 0 Å². The van der Waals surface area contributed by atoms with Crippen LogP contribution in [0.25, 0.3) is 6.08 Å². The third-order valence-corrected chi connectivity index (χ3v) is 3.96. The molecule has 0 unspecified atom stereocenters. The summed E-state index contributed by atoms with van der Waals surface area (Å²) in [5.41, 5.74) is -3.22. The first-order valence-electron chi connectivity index (χ1n) is 5.09. The quantitative estimate of drug-likeness (QED) is 0.675. The van der Waals surface area contributed by atoms with Crippen molar-refractivity contribution in [2.75, 3.05) is 13.3 Å². The molecule has 0 aromatic heterocycles. The van der Waals surface area contributed by atoms with Crippen LogP contribution < -0.4 is 0 Å². The summed E-state index contributed by atoms with van der Waals surface area (Å²) in [5, 5.41) is 8.42. The largest absolute Gasteiger partial charge is 0.478 e. The molecular formula is C12H13F2O3P. The molecule has 0 aliphatic carbocycles. The van der Waals surface area contributed by atoms with Gasteiger partial charge in [-0.3, -0.25) is 0 Å². The van der Waals surface area contributed by atoms with E-state index in [1.165, 1.54) is 18.2 Å². The van der Waals surface area contributed by atoms with Crippen LogP contribution in [0.5, 0.6) is 0 Å². The molecule has 6 heteroatoms. The summed E-state index contributed by atoms with van der Waals surface area (Å²) in [6.07, 6.45) is 2.21. The highest BCUT2D eigenvalue weighted by atomic mass is 31.2. The molecule has 1 aromatic carbocycles. The second-order valence-electron chi connectivity index (χ2n) is 4.19. The SMILES string of the molecule is CP(C)(=O)C(F)(F)c1ccc(/C=C/C(=O)O)cc1. The molecule has 3 nitrogen and oxygen atoms in total. The summed E-state index contributed by atoms with van der Waals surface area (Å²) in [7, 11) is -3.58. The number of rotatable bonds is 4. The molecule has 0 radical (unpaired) electrons. The van der Waals surface area contributed by atoms with Crippen molar-refractivity contribution in [2.45, 2.75) is 5.66 Å². The molecule has 0 amide bonds. The van der Waals surface area contributed by atoms with Gasteiger partial charge in [0.15, 0.2) is 7.14 Å². The van der Waals surface area contributed by atoms with Gasteiger partial charge in [-0.2, -0.15) is 8.78 Å². The molecule has 1 aromatic rings. The van der Waals surface area contributed by atoms with E-state index in [0.717, 1.165) is 31.5 Å². The van der Waals surface area contributed by atoms with Gasteiger partial charge in [-0.1, -0.05) is 24.3 Å². The van der Waals surface area contributed by atoms with Crippen molar-refractivity contribution >= 4 is 19.2 Å². The Kier molecular flexibility index (Phi) is 4.07. The molecule has 0 saturated heterocycles. The Morgan fingerprint density at radius 3 is 2.17 bits per heavy atom. The zero-order chi connectivity index (χ0) is 14.0. The Bertz CT molecular complexity index is 515. The second-order valence-corrected chi connectivity index (χ2v) is 7.45. The van der Waals surface area contributed by atoms with Gasteiger partial charge in [-0.25, -0.2) is 4.79 Å². The van der Waals surface area contributed by atoms with Crippen LogP contribution in [0.2, 0.25) is 0 Å². The molecule has 0 atom stereocenters. The number of carboxylic acid groups (broad SMARTS) is 1. The third-order valence-electron chi connectivity index (χ3n) is 2.35. The molecular weight excluding hydrogens is 261 g/mol. The van der Waals surface area contributed by atoms with Crippen molar-refractivity contribution in [3.63, 3.8) is 0 Å². The molecule has 98 valence electrons. The molecule has 0 saturated carbocycles. The number of aliphatic carboxylic acids is 1. The normalized spacial score (nSPS) is 12.9. The highest BCUT2D eigenvalue weighted by molar-refractivity contribution is 7.63. The lowest BCUT2D eigenvalue weighted by molar-refractivity contribution is -0.131. The molecule has 0 heterocycles. The monoisotopic (exact) mass is 274 g/mol. The van der Waals surface area contributed by atoms with E-state index in [2.05, 4.69) is 0 Å². The molecule has 0 aliphatic rings. The van der Waals surface area contributed by atoms with E-state index in [1.54, 1.807) is 0 Å². The number of hydrogen-bond donors (Lipinski definition) is 1. The summed E-state index contributed by atoms with van der Waals surface area (Å²) < 4.78 is 39.0. The van der Waals surface area contributed by atoms with Gasteiger partial charge in [0.25, 0.3) is 0 Å². The fraction of sp³-hybridized carbons (Fsp3) is 0.250. The number of carbonyl (C=O) groups is 1. The van der Waals surface area contributed by atoms with E-state index in [-0.39, 0.29) is 5.56 Å². The van der Waals surface area contributed by atoms with E-state index in [9.17, 15) is 18.1 Å². The lowest BCUT2D eigenvalue weighted by Gasteiger charge is -2.21. The number of benzene rings is 1. The van der Waals surface area contributed by atoms with Crippen molar-refractivity contribution in [1.82, 2.24) is 0 Å². The molecule has 0 spiro atoms. The smallest absolute Gasteiger partial charge is 0.328 e. The standard InChI is InChI=1S/C12H13F2O3P/c1-18(2,17)12(13,14)10-6-3-9(4-7-10)5-8-11(15)16/h3-8H,1-2H3,(H,15,16)/b8-5+. The van der Waals surface area contributed by atoms with Crippen molar-refractivity contribution in [2.24, 2.45) is 0 Å². The van der Waals surface area contributed by atoms with Crippen LogP contribution in [-0.4, -0.2) is 24.4 Å². The first kappa shape index (κ1) is 14.6.